The number of likely N-dealkylation sites (tertiary alicyclic amines) is 1. The second-order valence-corrected chi connectivity index (χ2v) is 5.57. The number of nitrogens with one attached hydrogen (secondary N) is 1. The average molecular weight is 289 g/mol. The number of benzene rings is 1. The molecule has 5 nitrogen and oxygen atoms in total. The van der Waals surface area contributed by atoms with Crippen LogP contribution in [0.3, 0.4) is 0 Å². The highest BCUT2D eigenvalue weighted by Crippen LogP contribution is 2.12. The molecule has 0 aromatic heterocycles. The zero-order valence-electron chi connectivity index (χ0n) is 12.8. The molecule has 0 radical (unpaired) electrons. The molecule has 5 heteroatoms. The van der Waals surface area contributed by atoms with Crippen molar-refractivity contribution in [3.8, 4) is 0 Å². The highest BCUT2D eigenvalue weighted by molar-refractivity contribution is 5.96. The summed E-state index contributed by atoms with van der Waals surface area (Å²) in [5.41, 5.74) is 1.61. The number of amides is 2. The molecule has 0 saturated carbocycles. The summed E-state index contributed by atoms with van der Waals surface area (Å²) in [5.74, 6) is -0.196. The van der Waals surface area contributed by atoms with Crippen LogP contribution in [0.25, 0.3) is 0 Å². The molecule has 1 aliphatic heterocycles. The minimum absolute atomic E-state index is 0.00737. The van der Waals surface area contributed by atoms with Gasteiger partial charge in [0.1, 0.15) is 0 Å². The van der Waals surface area contributed by atoms with Crippen LogP contribution in [-0.2, 0) is 4.79 Å². The fourth-order valence-corrected chi connectivity index (χ4v) is 2.42. The van der Waals surface area contributed by atoms with Gasteiger partial charge in [0, 0.05) is 38.4 Å². The summed E-state index contributed by atoms with van der Waals surface area (Å²) >= 11 is 0. The molecule has 2 rings (SSSR count). The molecule has 0 aliphatic carbocycles. The summed E-state index contributed by atoms with van der Waals surface area (Å²) in [6.45, 7) is 1.70. The minimum atomic E-state index is -0.203. The molecule has 1 aromatic rings. The highest BCUT2D eigenvalue weighted by atomic mass is 16.2. The Morgan fingerprint density at radius 2 is 1.71 bits per heavy atom. The lowest BCUT2D eigenvalue weighted by Gasteiger charge is -2.26. The fourth-order valence-electron chi connectivity index (χ4n) is 2.42. The number of carbonyl (C=O) groups excluding carboxylic acids is 2. The number of carbonyl (C=O) groups is 2. The lowest BCUT2D eigenvalue weighted by Crippen LogP contribution is -2.42. The molecule has 1 saturated heterocycles. The van der Waals surface area contributed by atoms with Gasteiger partial charge in [0.2, 0.25) is 5.91 Å². The van der Waals surface area contributed by atoms with Gasteiger partial charge in [0.15, 0.2) is 0 Å². The monoisotopic (exact) mass is 289 g/mol. The number of hydrogen-bond acceptors (Lipinski definition) is 3. The number of anilines is 1. The summed E-state index contributed by atoms with van der Waals surface area (Å²) in [7, 11) is 3.90. The Balaban J connectivity index is 1.84. The molecule has 1 heterocycles. The number of hydrogen-bond donors (Lipinski definition) is 1. The standard InChI is InChI=1S/C16H23N3O2/c1-18(2)14-8-6-13(7-9-14)16(21)17-12-15(20)19-10-4-3-5-11-19/h6-9H,3-5,10-12H2,1-2H3,(H,17,21). The zero-order chi connectivity index (χ0) is 15.2. The lowest BCUT2D eigenvalue weighted by molar-refractivity contribution is -0.130. The van der Waals surface area contributed by atoms with Gasteiger partial charge in [-0.15, -0.1) is 0 Å². The first-order chi connectivity index (χ1) is 10.1. The maximum atomic E-state index is 12.0. The van der Waals surface area contributed by atoms with E-state index in [0.29, 0.717) is 5.56 Å². The normalized spacial score (nSPS) is 14.7. The Morgan fingerprint density at radius 3 is 2.29 bits per heavy atom. The smallest absolute Gasteiger partial charge is 0.251 e. The molecular weight excluding hydrogens is 266 g/mol. The van der Waals surface area contributed by atoms with Gasteiger partial charge in [-0.2, -0.15) is 0 Å². The maximum absolute atomic E-state index is 12.0. The molecule has 1 aliphatic rings. The van der Waals surface area contributed by atoms with Crippen molar-refractivity contribution in [2.24, 2.45) is 0 Å². The minimum Gasteiger partial charge on any atom is -0.378 e. The van der Waals surface area contributed by atoms with Crippen molar-refractivity contribution in [1.82, 2.24) is 10.2 Å². The molecule has 0 bridgehead atoms. The second kappa shape index (κ2) is 7.11. The second-order valence-electron chi connectivity index (χ2n) is 5.57. The van der Waals surface area contributed by atoms with Crippen molar-refractivity contribution < 1.29 is 9.59 Å². The van der Waals surface area contributed by atoms with E-state index in [-0.39, 0.29) is 18.4 Å². The molecule has 0 spiro atoms. The van der Waals surface area contributed by atoms with E-state index >= 15 is 0 Å². The van der Waals surface area contributed by atoms with Crippen molar-refractivity contribution in [1.29, 1.82) is 0 Å². The van der Waals surface area contributed by atoms with Gasteiger partial charge in [0.25, 0.3) is 5.91 Å². The zero-order valence-corrected chi connectivity index (χ0v) is 12.8. The average Bonchev–Trinajstić information content (AvgIpc) is 2.53. The van der Waals surface area contributed by atoms with Crippen molar-refractivity contribution in [3.63, 3.8) is 0 Å². The third-order valence-electron chi connectivity index (χ3n) is 3.75. The van der Waals surface area contributed by atoms with Crippen LogP contribution >= 0.6 is 0 Å². The summed E-state index contributed by atoms with van der Waals surface area (Å²) < 4.78 is 0. The lowest BCUT2D eigenvalue weighted by atomic mass is 10.1. The van der Waals surface area contributed by atoms with Crippen LogP contribution < -0.4 is 10.2 Å². The predicted octanol–water partition coefficient (Wildman–Crippen LogP) is 1.49. The number of rotatable bonds is 4. The van der Waals surface area contributed by atoms with Gasteiger partial charge >= 0.3 is 0 Å². The van der Waals surface area contributed by atoms with Gasteiger partial charge in [-0.05, 0) is 43.5 Å². The molecule has 1 fully saturated rings. The van der Waals surface area contributed by atoms with Crippen LogP contribution in [0.5, 0.6) is 0 Å². The van der Waals surface area contributed by atoms with E-state index in [4.69, 9.17) is 0 Å². The fraction of sp³-hybridized carbons (Fsp3) is 0.500. The van der Waals surface area contributed by atoms with Crippen molar-refractivity contribution >= 4 is 17.5 Å². The van der Waals surface area contributed by atoms with E-state index in [1.54, 1.807) is 12.1 Å². The molecule has 1 aromatic carbocycles. The molecular formula is C16H23N3O2. The van der Waals surface area contributed by atoms with Crippen LogP contribution in [0.15, 0.2) is 24.3 Å². The largest absolute Gasteiger partial charge is 0.378 e. The van der Waals surface area contributed by atoms with E-state index in [1.807, 2.05) is 36.0 Å². The first kappa shape index (κ1) is 15.4. The Kier molecular flexibility index (Phi) is 5.20. The van der Waals surface area contributed by atoms with Gasteiger partial charge < -0.3 is 15.1 Å². The molecule has 2 amide bonds. The van der Waals surface area contributed by atoms with E-state index in [2.05, 4.69) is 5.32 Å². The molecule has 0 unspecified atom stereocenters. The maximum Gasteiger partial charge on any atom is 0.251 e. The SMILES string of the molecule is CN(C)c1ccc(C(=O)NCC(=O)N2CCCCC2)cc1. The highest BCUT2D eigenvalue weighted by Gasteiger charge is 2.17. The number of nitrogens with zero attached hydrogens (tertiary/aromatic N) is 2. The van der Waals surface area contributed by atoms with Crippen LogP contribution in [-0.4, -0.2) is 50.4 Å². The molecule has 21 heavy (non-hydrogen) atoms. The van der Waals surface area contributed by atoms with E-state index < -0.39 is 0 Å². The van der Waals surface area contributed by atoms with Crippen LogP contribution in [0, 0.1) is 0 Å². The number of piperidine rings is 1. The summed E-state index contributed by atoms with van der Waals surface area (Å²) in [6.07, 6.45) is 3.31. The topological polar surface area (TPSA) is 52.7 Å². The molecule has 0 atom stereocenters. The Hall–Kier alpha value is -2.04. The van der Waals surface area contributed by atoms with E-state index in [1.165, 1.54) is 6.42 Å². The van der Waals surface area contributed by atoms with Gasteiger partial charge in [-0.1, -0.05) is 0 Å². The quantitative estimate of drug-likeness (QED) is 0.914. The van der Waals surface area contributed by atoms with E-state index in [9.17, 15) is 9.59 Å². The van der Waals surface area contributed by atoms with Crippen LogP contribution in [0.4, 0.5) is 5.69 Å². The Bertz CT molecular complexity index is 491. The Morgan fingerprint density at radius 1 is 1.10 bits per heavy atom. The predicted molar refractivity (Wildman–Crippen MR) is 83.5 cm³/mol. The van der Waals surface area contributed by atoms with Gasteiger partial charge in [0.05, 0.1) is 6.54 Å². The first-order valence-corrected chi connectivity index (χ1v) is 7.41. The van der Waals surface area contributed by atoms with Gasteiger partial charge in [-0.25, -0.2) is 0 Å². The van der Waals surface area contributed by atoms with E-state index in [0.717, 1.165) is 31.6 Å². The summed E-state index contributed by atoms with van der Waals surface area (Å²) in [4.78, 5) is 27.8. The van der Waals surface area contributed by atoms with Crippen LogP contribution in [0.2, 0.25) is 0 Å². The van der Waals surface area contributed by atoms with Crippen molar-refractivity contribution in [3.05, 3.63) is 29.8 Å². The summed E-state index contributed by atoms with van der Waals surface area (Å²) in [6, 6.07) is 7.33. The van der Waals surface area contributed by atoms with Gasteiger partial charge in [-0.3, -0.25) is 9.59 Å². The third-order valence-corrected chi connectivity index (χ3v) is 3.75. The van der Waals surface area contributed by atoms with Crippen LogP contribution in [0.1, 0.15) is 29.6 Å². The summed E-state index contributed by atoms with van der Waals surface area (Å²) in [5, 5.41) is 2.70. The van der Waals surface area contributed by atoms with Crippen molar-refractivity contribution in [2.75, 3.05) is 38.6 Å². The van der Waals surface area contributed by atoms with Crippen molar-refractivity contribution in [2.45, 2.75) is 19.3 Å². The third kappa shape index (κ3) is 4.21. The first-order valence-electron chi connectivity index (χ1n) is 7.41. The molecule has 1 N–H and O–H groups in total. The molecule has 114 valence electrons. The Labute approximate surface area is 125 Å².